The smallest absolute Gasteiger partial charge is 0.251 e. The predicted octanol–water partition coefficient (Wildman–Crippen LogP) is 2.85. The number of likely N-dealkylation sites (tertiary alicyclic amines) is 1. The zero-order valence-electron chi connectivity index (χ0n) is 13.6. The first-order chi connectivity index (χ1) is 10.2. The van der Waals surface area contributed by atoms with Gasteiger partial charge in [-0.2, -0.15) is 0 Å². The van der Waals surface area contributed by atoms with E-state index in [9.17, 15) is 4.79 Å². The number of ether oxygens (including phenoxy) is 1. The number of nitrogens with two attached hydrogens (primary N) is 1. The summed E-state index contributed by atoms with van der Waals surface area (Å²) in [6.07, 6.45) is 11.2. The molecule has 1 saturated carbocycles. The van der Waals surface area contributed by atoms with E-state index in [0.717, 1.165) is 38.8 Å². The molecule has 2 N–H and O–H groups in total. The summed E-state index contributed by atoms with van der Waals surface area (Å²) >= 11 is 0. The first-order valence-electron chi connectivity index (χ1n) is 8.83. The fraction of sp³-hybridized carbons (Fsp3) is 0.941. The van der Waals surface area contributed by atoms with Gasteiger partial charge < -0.3 is 15.4 Å². The quantitative estimate of drug-likeness (QED) is 0.812. The molecule has 2 fully saturated rings. The molecule has 0 aromatic rings. The van der Waals surface area contributed by atoms with Gasteiger partial charge in [0.25, 0.3) is 5.91 Å². The van der Waals surface area contributed by atoms with E-state index in [2.05, 4.69) is 0 Å². The van der Waals surface area contributed by atoms with Crippen molar-refractivity contribution in [3.63, 3.8) is 0 Å². The van der Waals surface area contributed by atoms with Gasteiger partial charge in [0.05, 0.1) is 5.60 Å². The number of hydrogen-bond acceptors (Lipinski definition) is 3. The zero-order valence-corrected chi connectivity index (χ0v) is 13.6. The maximum atomic E-state index is 12.6. The number of hydrogen-bond donors (Lipinski definition) is 1. The largest absolute Gasteiger partial charge is 0.361 e. The van der Waals surface area contributed by atoms with Crippen LogP contribution in [0.3, 0.4) is 0 Å². The molecule has 0 radical (unpaired) electrons. The Balaban J connectivity index is 1.94. The minimum absolute atomic E-state index is 0.161. The minimum Gasteiger partial charge on any atom is -0.361 e. The van der Waals surface area contributed by atoms with Gasteiger partial charge in [-0.25, -0.2) is 0 Å². The lowest BCUT2D eigenvalue weighted by Crippen LogP contribution is -2.48. The highest BCUT2D eigenvalue weighted by Gasteiger charge is 2.35. The van der Waals surface area contributed by atoms with E-state index in [-0.39, 0.29) is 17.6 Å². The van der Waals surface area contributed by atoms with Crippen LogP contribution in [-0.2, 0) is 9.53 Å². The van der Waals surface area contributed by atoms with E-state index in [0.29, 0.717) is 6.54 Å². The van der Waals surface area contributed by atoms with Gasteiger partial charge in [-0.15, -0.1) is 0 Å². The summed E-state index contributed by atoms with van der Waals surface area (Å²) in [5.41, 5.74) is 5.74. The normalized spacial score (nSPS) is 25.0. The molecule has 1 saturated heterocycles. The third-order valence-corrected chi connectivity index (χ3v) is 5.08. The van der Waals surface area contributed by atoms with Crippen molar-refractivity contribution < 1.29 is 9.53 Å². The van der Waals surface area contributed by atoms with Crippen LogP contribution in [0, 0.1) is 0 Å². The maximum Gasteiger partial charge on any atom is 0.251 e. The van der Waals surface area contributed by atoms with E-state index in [1.807, 2.05) is 11.8 Å². The van der Waals surface area contributed by atoms with Crippen LogP contribution < -0.4 is 5.73 Å². The lowest BCUT2D eigenvalue weighted by atomic mass is 9.94. The van der Waals surface area contributed by atoms with Crippen molar-refractivity contribution in [2.75, 3.05) is 19.6 Å². The van der Waals surface area contributed by atoms with Gasteiger partial charge >= 0.3 is 0 Å². The van der Waals surface area contributed by atoms with Crippen molar-refractivity contribution in [2.24, 2.45) is 5.73 Å². The highest BCUT2D eigenvalue weighted by Crippen LogP contribution is 2.31. The van der Waals surface area contributed by atoms with E-state index < -0.39 is 0 Å². The van der Waals surface area contributed by atoms with Crippen molar-refractivity contribution in [1.82, 2.24) is 4.90 Å². The molecular formula is C17H32N2O2. The summed E-state index contributed by atoms with van der Waals surface area (Å²) in [7, 11) is 0. The molecular weight excluding hydrogens is 264 g/mol. The summed E-state index contributed by atoms with van der Waals surface area (Å²) in [6.45, 7) is 4.23. The summed E-state index contributed by atoms with van der Waals surface area (Å²) in [6, 6.07) is 0. The molecule has 1 aliphatic heterocycles. The van der Waals surface area contributed by atoms with Crippen molar-refractivity contribution in [1.29, 1.82) is 0 Å². The molecule has 1 atom stereocenters. The fourth-order valence-corrected chi connectivity index (χ4v) is 3.72. The molecule has 1 heterocycles. The summed E-state index contributed by atoms with van der Waals surface area (Å²) in [5.74, 6) is 0.161. The average molecular weight is 296 g/mol. The Kier molecular flexibility index (Phi) is 6.49. The molecule has 1 aliphatic carbocycles. The second-order valence-electron chi connectivity index (χ2n) is 6.80. The number of amides is 1. The maximum absolute atomic E-state index is 12.6. The van der Waals surface area contributed by atoms with Gasteiger partial charge in [0.15, 0.2) is 0 Å². The molecule has 0 spiro atoms. The van der Waals surface area contributed by atoms with Gasteiger partial charge in [-0.3, -0.25) is 4.79 Å². The Hall–Kier alpha value is -0.610. The van der Waals surface area contributed by atoms with Crippen LogP contribution in [-0.4, -0.2) is 42.1 Å². The van der Waals surface area contributed by atoms with Gasteiger partial charge in [0.2, 0.25) is 0 Å². The molecule has 122 valence electrons. The summed E-state index contributed by atoms with van der Waals surface area (Å²) in [4.78, 5) is 14.6. The molecule has 21 heavy (non-hydrogen) atoms. The van der Waals surface area contributed by atoms with Gasteiger partial charge in [-0.1, -0.05) is 38.5 Å². The standard InChI is InChI=1S/C17H32N2O2/c1-15(16(20)19-12-8-4-5-9-13-19)21-17(14-18)10-6-2-3-7-11-17/h15H,2-14,18H2,1H3. The molecule has 4 nitrogen and oxygen atoms in total. The molecule has 2 rings (SSSR count). The van der Waals surface area contributed by atoms with Crippen molar-refractivity contribution >= 4 is 5.91 Å². The summed E-state index contributed by atoms with van der Waals surface area (Å²) in [5, 5.41) is 0. The Morgan fingerprint density at radius 3 is 2.10 bits per heavy atom. The molecule has 0 aromatic heterocycles. The first-order valence-corrected chi connectivity index (χ1v) is 8.83. The predicted molar refractivity (Wildman–Crippen MR) is 85.1 cm³/mol. The molecule has 4 heteroatoms. The van der Waals surface area contributed by atoms with E-state index >= 15 is 0 Å². The lowest BCUT2D eigenvalue weighted by molar-refractivity contribution is -0.156. The van der Waals surface area contributed by atoms with Crippen LogP contribution in [0.5, 0.6) is 0 Å². The van der Waals surface area contributed by atoms with Crippen molar-refractivity contribution in [3.8, 4) is 0 Å². The van der Waals surface area contributed by atoms with Crippen LogP contribution in [0.15, 0.2) is 0 Å². The van der Waals surface area contributed by atoms with E-state index in [4.69, 9.17) is 10.5 Å². The summed E-state index contributed by atoms with van der Waals surface area (Å²) < 4.78 is 6.25. The third kappa shape index (κ3) is 4.68. The van der Waals surface area contributed by atoms with Crippen LogP contribution >= 0.6 is 0 Å². The second-order valence-corrected chi connectivity index (χ2v) is 6.80. The van der Waals surface area contributed by atoms with E-state index in [1.165, 1.54) is 38.5 Å². The molecule has 1 amide bonds. The van der Waals surface area contributed by atoms with Crippen LogP contribution in [0.4, 0.5) is 0 Å². The zero-order chi connectivity index (χ0) is 15.1. The van der Waals surface area contributed by atoms with Gasteiger partial charge in [-0.05, 0) is 32.6 Å². The van der Waals surface area contributed by atoms with Crippen LogP contribution in [0.1, 0.15) is 71.1 Å². The second kappa shape index (κ2) is 8.14. The monoisotopic (exact) mass is 296 g/mol. The van der Waals surface area contributed by atoms with Gasteiger partial charge in [0, 0.05) is 19.6 Å². The Bertz CT molecular complexity index is 317. The topological polar surface area (TPSA) is 55.6 Å². The molecule has 0 aromatic carbocycles. The highest BCUT2D eigenvalue weighted by molar-refractivity contribution is 5.80. The number of carbonyl (C=O) groups excluding carboxylic acids is 1. The van der Waals surface area contributed by atoms with Crippen molar-refractivity contribution in [3.05, 3.63) is 0 Å². The Labute approximate surface area is 129 Å². The molecule has 2 aliphatic rings. The van der Waals surface area contributed by atoms with Crippen LogP contribution in [0.2, 0.25) is 0 Å². The van der Waals surface area contributed by atoms with Gasteiger partial charge in [0.1, 0.15) is 6.10 Å². The van der Waals surface area contributed by atoms with Crippen LogP contribution in [0.25, 0.3) is 0 Å². The average Bonchev–Trinajstić information content (AvgIpc) is 2.89. The first kappa shape index (κ1) is 16.8. The van der Waals surface area contributed by atoms with Crippen molar-refractivity contribution in [2.45, 2.75) is 82.8 Å². The Morgan fingerprint density at radius 1 is 1.05 bits per heavy atom. The SMILES string of the molecule is CC(OC1(CN)CCCCCC1)C(=O)N1CCCCCC1. The fourth-order valence-electron chi connectivity index (χ4n) is 3.72. The third-order valence-electron chi connectivity index (χ3n) is 5.08. The number of carbonyl (C=O) groups is 1. The van der Waals surface area contributed by atoms with E-state index in [1.54, 1.807) is 0 Å². The minimum atomic E-state index is -0.357. The lowest BCUT2D eigenvalue weighted by Gasteiger charge is -2.35. The molecule has 0 bridgehead atoms. The Morgan fingerprint density at radius 2 is 1.57 bits per heavy atom. The number of rotatable bonds is 4. The highest BCUT2D eigenvalue weighted by atomic mass is 16.5. The number of nitrogens with zero attached hydrogens (tertiary/aromatic N) is 1. The molecule has 1 unspecified atom stereocenters.